The van der Waals surface area contributed by atoms with E-state index in [9.17, 15) is 9.59 Å². The zero-order chi connectivity index (χ0) is 20.4. The van der Waals surface area contributed by atoms with E-state index in [1.165, 1.54) is 4.90 Å². The maximum Gasteiger partial charge on any atom is 0.266 e. The van der Waals surface area contributed by atoms with Crippen molar-refractivity contribution in [1.29, 1.82) is 0 Å². The van der Waals surface area contributed by atoms with E-state index in [0.717, 1.165) is 30.7 Å². The van der Waals surface area contributed by atoms with Crippen molar-refractivity contribution >= 4 is 23.2 Å². The van der Waals surface area contributed by atoms with Crippen LogP contribution in [0.15, 0.2) is 54.6 Å². The van der Waals surface area contributed by atoms with E-state index in [1.54, 1.807) is 29.3 Å². The number of hydrogen-bond donors (Lipinski definition) is 0. The number of amides is 2. The molecule has 0 saturated carbocycles. The van der Waals surface area contributed by atoms with Gasteiger partial charge in [0.25, 0.3) is 5.91 Å². The highest BCUT2D eigenvalue weighted by Crippen LogP contribution is 2.41. The van der Waals surface area contributed by atoms with Gasteiger partial charge in [-0.3, -0.25) is 14.4 Å². The van der Waals surface area contributed by atoms with Crippen molar-refractivity contribution in [3.8, 4) is 5.75 Å². The zero-order valence-electron chi connectivity index (χ0n) is 16.8. The molecule has 152 valence electrons. The standard InChI is InChI=1S/C23H26N2O4/c1-3-8-19-20-21(29-25(19)17-9-6-5-7-10-17)23(27)24(22(20)26)16-11-13-18(14-12-16)28-15-4-2/h5-7,9-14,19-21H,3-4,8,15H2,1-2H3/t19-,20+,21-/m0/s1. The molecule has 0 spiro atoms. The number of anilines is 2. The van der Waals surface area contributed by atoms with Gasteiger partial charge in [0.2, 0.25) is 5.91 Å². The van der Waals surface area contributed by atoms with E-state index < -0.39 is 12.0 Å². The van der Waals surface area contributed by atoms with Crippen molar-refractivity contribution < 1.29 is 19.2 Å². The Labute approximate surface area is 171 Å². The van der Waals surface area contributed by atoms with E-state index in [-0.39, 0.29) is 17.9 Å². The number of benzene rings is 2. The Balaban J connectivity index is 1.59. The minimum absolute atomic E-state index is 0.166. The fourth-order valence-corrected chi connectivity index (χ4v) is 4.08. The number of imide groups is 1. The molecule has 0 aliphatic carbocycles. The van der Waals surface area contributed by atoms with Crippen molar-refractivity contribution in [1.82, 2.24) is 0 Å². The van der Waals surface area contributed by atoms with Gasteiger partial charge in [-0.05, 0) is 49.2 Å². The lowest BCUT2D eigenvalue weighted by Gasteiger charge is -2.28. The van der Waals surface area contributed by atoms with Crippen molar-refractivity contribution in [3.63, 3.8) is 0 Å². The largest absolute Gasteiger partial charge is 0.494 e. The van der Waals surface area contributed by atoms with Gasteiger partial charge in [-0.15, -0.1) is 0 Å². The molecule has 2 aliphatic rings. The molecule has 2 heterocycles. The molecule has 2 amide bonds. The molecule has 3 atom stereocenters. The molecule has 2 aromatic rings. The first kappa shape index (κ1) is 19.5. The lowest BCUT2D eigenvalue weighted by molar-refractivity contribution is -0.126. The molecule has 0 bridgehead atoms. The summed E-state index contributed by atoms with van der Waals surface area (Å²) in [6, 6.07) is 16.6. The molecule has 2 saturated heterocycles. The highest BCUT2D eigenvalue weighted by Gasteiger charge is 2.59. The number of carbonyl (C=O) groups is 2. The second-order valence-corrected chi connectivity index (χ2v) is 7.42. The predicted octanol–water partition coefficient (Wildman–Crippen LogP) is 3.95. The number of carbonyl (C=O) groups excluding carboxylic acids is 2. The molecular weight excluding hydrogens is 368 g/mol. The van der Waals surface area contributed by atoms with Gasteiger partial charge in [0, 0.05) is 0 Å². The van der Waals surface area contributed by atoms with Crippen LogP contribution in [0, 0.1) is 5.92 Å². The van der Waals surface area contributed by atoms with Crippen molar-refractivity contribution in [3.05, 3.63) is 54.6 Å². The maximum absolute atomic E-state index is 13.3. The van der Waals surface area contributed by atoms with Crippen molar-refractivity contribution in [2.24, 2.45) is 5.92 Å². The predicted molar refractivity (Wildman–Crippen MR) is 111 cm³/mol. The summed E-state index contributed by atoms with van der Waals surface area (Å²) in [5.74, 6) is -0.273. The molecule has 2 fully saturated rings. The van der Waals surface area contributed by atoms with Crippen LogP contribution in [-0.2, 0) is 14.4 Å². The number of fused-ring (bicyclic) bond motifs is 1. The van der Waals surface area contributed by atoms with Crippen LogP contribution >= 0.6 is 0 Å². The third kappa shape index (κ3) is 3.49. The fraction of sp³-hybridized carbons (Fsp3) is 0.391. The first-order valence-corrected chi connectivity index (χ1v) is 10.3. The molecule has 0 N–H and O–H groups in total. The highest BCUT2D eigenvalue weighted by molar-refractivity contribution is 6.23. The van der Waals surface area contributed by atoms with Gasteiger partial charge >= 0.3 is 0 Å². The van der Waals surface area contributed by atoms with Crippen molar-refractivity contribution in [2.45, 2.75) is 45.3 Å². The summed E-state index contributed by atoms with van der Waals surface area (Å²) in [6.45, 7) is 4.75. The second-order valence-electron chi connectivity index (χ2n) is 7.42. The van der Waals surface area contributed by atoms with Gasteiger partial charge in [-0.25, -0.2) is 9.96 Å². The smallest absolute Gasteiger partial charge is 0.266 e. The third-order valence-corrected chi connectivity index (χ3v) is 5.40. The Hall–Kier alpha value is -2.86. The second kappa shape index (κ2) is 8.25. The molecule has 2 aliphatic heterocycles. The highest BCUT2D eigenvalue weighted by atomic mass is 16.7. The average molecular weight is 394 g/mol. The Kier molecular flexibility index (Phi) is 5.53. The van der Waals surface area contributed by atoms with E-state index >= 15 is 0 Å². The average Bonchev–Trinajstić information content (AvgIpc) is 3.24. The molecule has 4 rings (SSSR count). The van der Waals surface area contributed by atoms with Gasteiger partial charge < -0.3 is 4.74 Å². The maximum atomic E-state index is 13.3. The van der Waals surface area contributed by atoms with Gasteiger partial charge in [0.15, 0.2) is 6.10 Å². The van der Waals surface area contributed by atoms with Crippen LogP contribution < -0.4 is 14.7 Å². The normalized spacial score (nSPS) is 23.6. The summed E-state index contributed by atoms with van der Waals surface area (Å²) < 4.78 is 5.59. The van der Waals surface area contributed by atoms with Gasteiger partial charge in [0.05, 0.1) is 29.9 Å². The Morgan fingerprint density at radius 2 is 1.62 bits per heavy atom. The lowest BCUT2D eigenvalue weighted by Crippen LogP contribution is -2.40. The van der Waals surface area contributed by atoms with Gasteiger partial charge in [-0.1, -0.05) is 38.5 Å². The van der Waals surface area contributed by atoms with Crippen LogP contribution in [0.5, 0.6) is 5.75 Å². The van der Waals surface area contributed by atoms with Crippen LogP contribution in [0.4, 0.5) is 11.4 Å². The lowest BCUT2D eigenvalue weighted by atomic mass is 9.93. The number of rotatable bonds is 7. The molecule has 6 heteroatoms. The minimum atomic E-state index is -0.782. The Bertz CT molecular complexity index is 868. The summed E-state index contributed by atoms with van der Waals surface area (Å²) in [5, 5.41) is 1.76. The minimum Gasteiger partial charge on any atom is -0.494 e. The van der Waals surface area contributed by atoms with Gasteiger partial charge in [0.1, 0.15) is 5.75 Å². The van der Waals surface area contributed by atoms with E-state index in [4.69, 9.17) is 9.57 Å². The van der Waals surface area contributed by atoms with E-state index in [0.29, 0.717) is 12.3 Å². The number of hydroxylamine groups is 1. The third-order valence-electron chi connectivity index (χ3n) is 5.40. The monoisotopic (exact) mass is 394 g/mol. The Morgan fingerprint density at radius 1 is 0.897 bits per heavy atom. The zero-order valence-corrected chi connectivity index (χ0v) is 16.8. The molecule has 2 aromatic carbocycles. The first-order chi connectivity index (χ1) is 14.2. The molecule has 0 aromatic heterocycles. The number of nitrogens with zero attached hydrogens (tertiary/aromatic N) is 2. The fourth-order valence-electron chi connectivity index (χ4n) is 4.08. The van der Waals surface area contributed by atoms with Crippen LogP contribution in [0.2, 0.25) is 0 Å². The summed E-state index contributed by atoms with van der Waals surface area (Å²) in [4.78, 5) is 33.7. The Morgan fingerprint density at radius 3 is 2.28 bits per heavy atom. The first-order valence-electron chi connectivity index (χ1n) is 10.3. The number of ether oxygens (including phenoxy) is 1. The van der Waals surface area contributed by atoms with Crippen LogP contribution in [0.25, 0.3) is 0 Å². The topological polar surface area (TPSA) is 59.1 Å². The molecular formula is C23H26N2O4. The van der Waals surface area contributed by atoms with Gasteiger partial charge in [-0.2, -0.15) is 0 Å². The number of para-hydroxylation sites is 1. The molecule has 0 radical (unpaired) electrons. The van der Waals surface area contributed by atoms with Crippen LogP contribution in [-0.4, -0.2) is 30.6 Å². The van der Waals surface area contributed by atoms with Crippen LogP contribution in [0.3, 0.4) is 0 Å². The summed E-state index contributed by atoms with van der Waals surface area (Å²) in [5.41, 5.74) is 1.42. The molecule has 6 nitrogen and oxygen atoms in total. The quantitative estimate of drug-likeness (QED) is 0.666. The summed E-state index contributed by atoms with van der Waals surface area (Å²) >= 11 is 0. The summed E-state index contributed by atoms with van der Waals surface area (Å²) in [6.07, 6.45) is 1.80. The molecule has 0 unspecified atom stereocenters. The molecule has 29 heavy (non-hydrogen) atoms. The number of hydrogen-bond acceptors (Lipinski definition) is 5. The van der Waals surface area contributed by atoms with Crippen molar-refractivity contribution in [2.75, 3.05) is 16.6 Å². The van der Waals surface area contributed by atoms with E-state index in [1.807, 2.05) is 37.3 Å². The van der Waals surface area contributed by atoms with E-state index in [2.05, 4.69) is 6.92 Å². The SMILES string of the molecule is CCCOc1ccc(N2C(=O)[C@H]3[C@H](ON(c4ccccc4)[C@H]3CCC)C2=O)cc1. The summed E-state index contributed by atoms with van der Waals surface area (Å²) in [7, 11) is 0. The van der Waals surface area contributed by atoms with Crippen LogP contribution in [0.1, 0.15) is 33.1 Å².